The number of aromatic nitrogens is 2. The van der Waals surface area contributed by atoms with Crippen molar-refractivity contribution in [3.8, 4) is 5.88 Å². The maximum Gasteiger partial charge on any atom is 0.234 e. The topological polar surface area (TPSA) is 64.3 Å². The van der Waals surface area contributed by atoms with Crippen LogP contribution in [0.5, 0.6) is 5.88 Å². The van der Waals surface area contributed by atoms with Gasteiger partial charge in [0.1, 0.15) is 0 Å². The van der Waals surface area contributed by atoms with Gasteiger partial charge in [-0.2, -0.15) is 4.98 Å². The summed E-state index contributed by atoms with van der Waals surface area (Å²) in [6.07, 6.45) is 4.61. The lowest BCUT2D eigenvalue weighted by atomic mass is 9.97. The SMILES string of the molecule is CC1CC(N)CN(c2cncc(OC(C)C)n2)C1. The quantitative estimate of drug-likeness (QED) is 0.879. The van der Waals surface area contributed by atoms with Crippen molar-refractivity contribution in [2.75, 3.05) is 18.0 Å². The summed E-state index contributed by atoms with van der Waals surface area (Å²) in [5, 5.41) is 0. The van der Waals surface area contributed by atoms with E-state index in [-0.39, 0.29) is 12.1 Å². The molecule has 18 heavy (non-hydrogen) atoms. The van der Waals surface area contributed by atoms with Crippen LogP contribution in [-0.2, 0) is 0 Å². The summed E-state index contributed by atoms with van der Waals surface area (Å²) in [6, 6.07) is 0.213. The smallest absolute Gasteiger partial charge is 0.234 e. The first-order valence-electron chi connectivity index (χ1n) is 6.54. The van der Waals surface area contributed by atoms with E-state index in [1.165, 1.54) is 0 Å². The van der Waals surface area contributed by atoms with Crippen LogP contribution in [0.2, 0.25) is 0 Å². The van der Waals surface area contributed by atoms with E-state index in [2.05, 4.69) is 21.8 Å². The normalized spacial score (nSPS) is 24.4. The van der Waals surface area contributed by atoms with E-state index in [4.69, 9.17) is 10.5 Å². The summed E-state index contributed by atoms with van der Waals surface area (Å²) >= 11 is 0. The highest BCUT2D eigenvalue weighted by atomic mass is 16.5. The Balaban J connectivity index is 2.12. The van der Waals surface area contributed by atoms with Crippen LogP contribution in [0.4, 0.5) is 5.82 Å². The number of rotatable bonds is 3. The third-order valence-corrected chi connectivity index (χ3v) is 2.97. The number of nitrogens with zero attached hydrogens (tertiary/aromatic N) is 3. The highest BCUT2D eigenvalue weighted by Gasteiger charge is 2.23. The van der Waals surface area contributed by atoms with E-state index in [0.717, 1.165) is 25.3 Å². The number of anilines is 1. The number of ether oxygens (including phenoxy) is 1. The van der Waals surface area contributed by atoms with E-state index in [1.807, 2.05) is 13.8 Å². The van der Waals surface area contributed by atoms with Crippen molar-refractivity contribution in [3.05, 3.63) is 12.4 Å². The molecule has 5 heteroatoms. The zero-order chi connectivity index (χ0) is 13.1. The molecule has 0 saturated carbocycles. The highest BCUT2D eigenvalue weighted by molar-refractivity contribution is 5.38. The minimum absolute atomic E-state index is 0.108. The first kappa shape index (κ1) is 13.1. The molecule has 0 amide bonds. The van der Waals surface area contributed by atoms with Gasteiger partial charge in [-0.05, 0) is 26.2 Å². The molecule has 0 radical (unpaired) electrons. The van der Waals surface area contributed by atoms with Crippen LogP contribution in [0.15, 0.2) is 12.4 Å². The summed E-state index contributed by atoms with van der Waals surface area (Å²) in [5.74, 6) is 2.02. The summed E-state index contributed by atoms with van der Waals surface area (Å²) in [6.45, 7) is 7.99. The summed E-state index contributed by atoms with van der Waals surface area (Å²) < 4.78 is 5.57. The van der Waals surface area contributed by atoms with E-state index >= 15 is 0 Å². The third kappa shape index (κ3) is 3.32. The number of hydrogen-bond donors (Lipinski definition) is 1. The fourth-order valence-electron chi connectivity index (χ4n) is 2.38. The Bertz CT molecular complexity index is 386. The van der Waals surface area contributed by atoms with E-state index in [1.54, 1.807) is 12.4 Å². The molecule has 2 unspecified atom stereocenters. The van der Waals surface area contributed by atoms with E-state index in [0.29, 0.717) is 11.8 Å². The zero-order valence-corrected chi connectivity index (χ0v) is 11.3. The second kappa shape index (κ2) is 5.52. The Morgan fingerprint density at radius 1 is 1.39 bits per heavy atom. The second-order valence-corrected chi connectivity index (χ2v) is 5.39. The molecule has 1 aromatic rings. The number of piperidine rings is 1. The van der Waals surface area contributed by atoms with Crippen LogP contribution in [0.1, 0.15) is 27.2 Å². The summed E-state index contributed by atoms with van der Waals surface area (Å²) in [4.78, 5) is 10.9. The van der Waals surface area contributed by atoms with Gasteiger partial charge in [0.15, 0.2) is 5.82 Å². The molecule has 0 aliphatic carbocycles. The van der Waals surface area contributed by atoms with Gasteiger partial charge < -0.3 is 15.4 Å². The minimum Gasteiger partial charge on any atom is -0.474 e. The van der Waals surface area contributed by atoms with Crippen molar-refractivity contribution < 1.29 is 4.74 Å². The average Bonchev–Trinajstić information content (AvgIpc) is 2.27. The highest BCUT2D eigenvalue weighted by Crippen LogP contribution is 2.21. The molecule has 0 aromatic carbocycles. The molecule has 5 nitrogen and oxygen atoms in total. The molecule has 2 atom stereocenters. The van der Waals surface area contributed by atoms with Crippen LogP contribution in [0.25, 0.3) is 0 Å². The molecular formula is C13H22N4O. The lowest BCUT2D eigenvalue weighted by Gasteiger charge is -2.35. The van der Waals surface area contributed by atoms with Crippen LogP contribution < -0.4 is 15.4 Å². The first-order valence-corrected chi connectivity index (χ1v) is 6.54. The van der Waals surface area contributed by atoms with Gasteiger partial charge in [-0.25, -0.2) is 0 Å². The van der Waals surface area contributed by atoms with Crippen LogP contribution >= 0.6 is 0 Å². The molecular weight excluding hydrogens is 228 g/mol. The summed E-state index contributed by atoms with van der Waals surface area (Å²) in [5.41, 5.74) is 6.05. The van der Waals surface area contributed by atoms with Gasteiger partial charge in [-0.15, -0.1) is 0 Å². The van der Waals surface area contributed by atoms with Crippen molar-refractivity contribution in [1.82, 2.24) is 9.97 Å². The molecule has 0 bridgehead atoms. The van der Waals surface area contributed by atoms with Gasteiger partial charge in [0.05, 0.1) is 18.5 Å². The maximum absolute atomic E-state index is 6.05. The van der Waals surface area contributed by atoms with Gasteiger partial charge in [0, 0.05) is 19.1 Å². The zero-order valence-electron chi connectivity index (χ0n) is 11.3. The fraction of sp³-hybridized carbons (Fsp3) is 0.692. The summed E-state index contributed by atoms with van der Waals surface area (Å²) in [7, 11) is 0. The number of nitrogens with two attached hydrogens (primary N) is 1. The Hall–Kier alpha value is -1.36. The van der Waals surface area contributed by atoms with Crippen molar-refractivity contribution in [2.24, 2.45) is 11.7 Å². The fourth-order valence-corrected chi connectivity index (χ4v) is 2.38. The minimum atomic E-state index is 0.108. The molecule has 1 aromatic heterocycles. The van der Waals surface area contributed by atoms with Crippen molar-refractivity contribution in [2.45, 2.75) is 39.3 Å². The van der Waals surface area contributed by atoms with Crippen molar-refractivity contribution in [1.29, 1.82) is 0 Å². The predicted molar refractivity (Wildman–Crippen MR) is 71.8 cm³/mol. The Kier molecular flexibility index (Phi) is 4.01. The largest absolute Gasteiger partial charge is 0.474 e. The van der Waals surface area contributed by atoms with Gasteiger partial charge >= 0.3 is 0 Å². The van der Waals surface area contributed by atoms with Crippen LogP contribution in [-0.4, -0.2) is 35.2 Å². The van der Waals surface area contributed by atoms with Gasteiger partial charge in [-0.1, -0.05) is 6.92 Å². The second-order valence-electron chi connectivity index (χ2n) is 5.39. The van der Waals surface area contributed by atoms with Crippen LogP contribution in [0, 0.1) is 5.92 Å². The molecule has 100 valence electrons. The Morgan fingerprint density at radius 3 is 2.83 bits per heavy atom. The molecule has 1 aliphatic rings. The maximum atomic E-state index is 6.05. The van der Waals surface area contributed by atoms with Gasteiger partial charge in [0.2, 0.25) is 5.88 Å². The van der Waals surface area contributed by atoms with Crippen LogP contribution in [0.3, 0.4) is 0 Å². The first-order chi connectivity index (χ1) is 8.54. The lowest BCUT2D eigenvalue weighted by Crippen LogP contribution is -2.46. The molecule has 0 spiro atoms. The third-order valence-electron chi connectivity index (χ3n) is 2.97. The molecule has 2 heterocycles. The Labute approximate surface area is 108 Å². The van der Waals surface area contributed by atoms with Crippen molar-refractivity contribution >= 4 is 5.82 Å². The molecule has 1 saturated heterocycles. The predicted octanol–water partition coefficient (Wildman–Crippen LogP) is 1.44. The number of hydrogen-bond acceptors (Lipinski definition) is 5. The monoisotopic (exact) mass is 250 g/mol. The van der Waals surface area contributed by atoms with Gasteiger partial charge in [0.25, 0.3) is 0 Å². The van der Waals surface area contributed by atoms with Gasteiger partial charge in [-0.3, -0.25) is 4.98 Å². The Morgan fingerprint density at radius 2 is 2.17 bits per heavy atom. The molecule has 1 aliphatic heterocycles. The van der Waals surface area contributed by atoms with Crippen molar-refractivity contribution in [3.63, 3.8) is 0 Å². The van der Waals surface area contributed by atoms with E-state index < -0.39 is 0 Å². The standard InChI is InChI=1S/C13H22N4O/c1-9(2)18-13-6-15-5-12(16-13)17-7-10(3)4-11(14)8-17/h5-6,9-11H,4,7-8,14H2,1-3H3. The lowest BCUT2D eigenvalue weighted by molar-refractivity contribution is 0.231. The van der Waals surface area contributed by atoms with E-state index in [9.17, 15) is 0 Å². The molecule has 2 N–H and O–H groups in total. The molecule has 2 rings (SSSR count). The molecule has 1 fully saturated rings. The average molecular weight is 250 g/mol.